The van der Waals surface area contributed by atoms with Crippen LogP contribution in [0.3, 0.4) is 0 Å². The molecule has 0 fully saturated rings. The summed E-state index contributed by atoms with van der Waals surface area (Å²) in [6.07, 6.45) is 1.95. The molecule has 0 amide bonds. The minimum Gasteiger partial charge on any atom is -0.494 e. The van der Waals surface area contributed by atoms with E-state index in [0.717, 1.165) is 6.42 Å². The van der Waals surface area contributed by atoms with Crippen molar-refractivity contribution >= 4 is 10.0 Å². The van der Waals surface area contributed by atoms with E-state index in [4.69, 9.17) is 4.74 Å². The van der Waals surface area contributed by atoms with Crippen molar-refractivity contribution < 1.29 is 18.3 Å². The first-order valence-electron chi connectivity index (χ1n) is 7.30. The fourth-order valence-electron chi connectivity index (χ4n) is 1.93. The predicted molar refractivity (Wildman–Crippen MR) is 82.9 cm³/mol. The molecule has 1 aromatic carbocycles. The number of ether oxygens (including phenoxy) is 1. The molecule has 1 aromatic rings. The fraction of sp³-hybridized carbons (Fsp3) is 0.600. The van der Waals surface area contributed by atoms with Crippen LogP contribution in [0.1, 0.15) is 40.0 Å². The highest BCUT2D eigenvalue weighted by atomic mass is 32.2. The summed E-state index contributed by atoms with van der Waals surface area (Å²) in [5, 5.41) is 9.48. The third kappa shape index (κ3) is 4.69. The van der Waals surface area contributed by atoms with Gasteiger partial charge in [-0.15, -0.1) is 0 Å². The van der Waals surface area contributed by atoms with E-state index in [2.05, 4.69) is 4.72 Å². The number of aliphatic hydroxyl groups excluding tert-OH is 1. The van der Waals surface area contributed by atoms with Gasteiger partial charge in [0.25, 0.3) is 0 Å². The van der Waals surface area contributed by atoms with Crippen molar-refractivity contribution in [2.45, 2.75) is 50.5 Å². The maximum Gasteiger partial charge on any atom is 0.241 e. The monoisotopic (exact) mass is 315 g/mol. The maximum atomic E-state index is 12.4. The average molecular weight is 315 g/mol. The predicted octanol–water partition coefficient (Wildman–Crippen LogP) is 2.30. The molecular formula is C15H25NO4S. The Morgan fingerprint density at radius 1 is 1.14 bits per heavy atom. The number of hydrogen-bond donors (Lipinski definition) is 2. The Morgan fingerprint density at radius 2 is 1.71 bits per heavy atom. The Labute approximate surface area is 127 Å². The Morgan fingerprint density at radius 3 is 2.14 bits per heavy atom. The topological polar surface area (TPSA) is 75.6 Å². The summed E-state index contributed by atoms with van der Waals surface area (Å²) < 4.78 is 32.8. The van der Waals surface area contributed by atoms with Crippen LogP contribution in [-0.2, 0) is 10.0 Å². The molecule has 6 heteroatoms. The Hall–Kier alpha value is -1.11. The Bertz CT molecular complexity index is 513. The maximum absolute atomic E-state index is 12.4. The minimum absolute atomic E-state index is 0.172. The van der Waals surface area contributed by atoms with E-state index < -0.39 is 15.6 Å². The SMILES string of the molecule is CCCOc1ccc(S(=O)(=O)NC(CC)(CC)CO)cc1. The number of nitrogens with one attached hydrogen (secondary N) is 1. The third-order valence-corrected chi connectivity index (χ3v) is 5.21. The van der Waals surface area contributed by atoms with Gasteiger partial charge < -0.3 is 9.84 Å². The molecule has 0 radical (unpaired) electrons. The number of benzene rings is 1. The zero-order valence-corrected chi connectivity index (χ0v) is 13.7. The van der Waals surface area contributed by atoms with E-state index in [9.17, 15) is 13.5 Å². The first-order valence-corrected chi connectivity index (χ1v) is 8.79. The molecule has 21 heavy (non-hydrogen) atoms. The second-order valence-corrected chi connectivity index (χ2v) is 6.75. The van der Waals surface area contributed by atoms with Gasteiger partial charge in [-0.3, -0.25) is 0 Å². The van der Waals surface area contributed by atoms with Gasteiger partial charge in [0.2, 0.25) is 10.0 Å². The smallest absolute Gasteiger partial charge is 0.241 e. The van der Waals surface area contributed by atoms with Gasteiger partial charge in [0.1, 0.15) is 5.75 Å². The van der Waals surface area contributed by atoms with Crippen molar-refractivity contribution in [3.8, 4) is 5.75 Å². The molecular weight excluding hydrogens is 290 g/mol. The summed E-state index contributed by atoms with van der Waals surface area (Å²) >= 11 is 0. The van der Waals surface area contributed by atoms with E-state index in [1.54, 1.807) is 12.1 Å². The normalized spacial score (nSPS) is 12.4. The van der Waals surface area contributed by atoms with Gasteiger partial charge in [0.15, 0.2) is 0 Å². The summed E-state index contributed by atoms with van der Waals surface area (Å²) in [6, 6.07) is 6.31. The van der Waals surface area contributed by atoms with Crippen molar-refractivity contribution in [2.75, 3.05) is 13.2 Å². The summed E-state index contributed by atoms with van der Waals surface area (Å²) in [6.45, 7) is 6.08. The molecule has 0 bridgehead atoms. The van der Waals surface area contributed by atoms with Gasteiger partial charge in [-0.2, -0.15) is 0 Å². The highest BCUT2D eigenvalue weighted by molar-refractivity contribution is 7.89. The molecule has 0 heterocycles. The van der Waals surface area contributed by atoms with Crippen LogP contribution in [0, 0.1) is 0 Å². The lowest BCUT2D eigenvalue weighted by molar-refractivity contribution is 0.172. The Kier molecular flexibility index (Phi) is 6.64. The molecule has 0 atom stereocenters. The van der Waals surface area contributed by atoms with E-state index in [1.165, 1.54) is 12.1 Å². The van der Waals surface area contributed by atoms with Crippen LogP contribution in [0.15, 0.2) is 29.2 Å². The largest absolute Gasteiger partial charge is 0.494 e. The minimum atomic E-state index is -3.66. The van der Waals surface area contributed by atoms with E-state index in [-0.39, 0.29) is 11.5 Å². The second-order valence-electron chi connectivity index (χ2n) is 5.07. The van der Waals surface area contributed by atoms with E-state index >= 15 is 0 Å². The van der Waals surface area contributed by atoms with Crippen LogP contribution in [0.25, 0.3) is 0 Å². The van der Waals surface area contributed by atoms with Crippen molar-refractivity contribution in [1.82, 2.24) is 4.72 Å². The highest BCUT2D eigenvalue weighted by Gasteiger charge is 2.31. The van der Waals surface area contributed by atoms with Crippen molar-refractivity contribution in [1.29, 1.82) is 0 Å². The first kappa shape index (κ1) is 17.9. The standard InChI is InChI=1S/C15H25NO4S/c1-4-11-20-13-7-9-14(10-8-13)21(18,19)16-15(5-2,6-3)12-17/h7-10,16-17H,4-6,11-12H2,1-3H3. The van der Waals surface area contributed by atoms with Crippen LogP contribution >= 0.6 is 0 Å². The molecule has 0 aliphatic heterocycles. The lowest BCUT2D eigenvalue weighted by Crippen LogP contribution is -2.50. The average Bonchev–Trinajstić information content (AvgIpc) is 2.51. The summed E-state index contributed by atoms with van der Waals surface area (Å²) in [4.78, 5) is 0.172. The van der Waals surface area contributed by atoms with Crippen LogP contribution in [0.5, 0.6) is 5.75 Å². The van der Waals surface area contributed by atoms with Gasteiger partial charge in [-0.05, 0) is 43.5 Å². The van der Waals surface area contributed by atoms with Crippen molar-refractivity contribution in [2.24, 2.45) is 0 Å². The highest BCUT2D eigenvalue weighted by Crippen LogP contribution is 2.21. The molecule has 1 rings (SSSR count). The summed E-state index contributed by atoms with van der Waals surface area (Å²) in [5.74, 6) is 0.648. The Balaban J connectivity index is 2.92. The van der Waals surface area contributed by atoms with Crippen molar-refractivity contribution in [3.63, 3.8) is 0 Å². The van der Waals surface area contributed by atoms with Crippen LogP contribution in [-0.4, -0.2) is 32.3 Å². The second kappa shape index (κ2) is 7.77. The molecule has 0 aromatic heterocycles. The zero-order valence-electron chi connectivity index (χ0n) is 12.9. The zero-order chi connectivity index (χ0) is 15.9. The van der Waals surface area contributed by atoms with Crippen molar-refractivity contribution in [3.05, 3.63) is 24.3 Å². The molecule has 0 unspecified atom stereocenters. The molecule has 5 nitrogen and oxygen atoms in total. The van der Waals surface area contributed by atoms with E-state index in [0.29, 0.717) is 25.2 Å². The molecule has 0 saturated carbocycles. The molecule has 0 aliphatic carbocycles. The molecule has 2 N–H and O–H groups in total. The molecule has 0 aliphatic rings. The first-order chi connectivity index (χ1) is 9.93. The van der Waals surface area contributed by atoms with Crippen LogP contribution in [0.4, 0.5) is 0 Å². The lowest BCUT2D eigenvalue weighted by Gasteiger charge is -2.30. The number of hydrogen-bond acceptors (Lipinski definition) is 4. The van der Waals surface area contributed by atoms with Crippen LogP contribution < -0.4 is 9.46 Å². The number of rotatable bonds is 9. The quantitative estimate of drug-likeness (QED) is 0.733. The lowest BCUT2D eigenvalue weighted by atomic mass is 9.96. The molecule has 0 spiro atoms. The van der Waals surface area contributed by atoms with Gasteiger partial charge >= 0.3 is 0 Å². The molecule has 120 valence electrons. The summed E-state index contributed by atoms with van der Waals surface area (Å²) in [7, 11) is -3.66. The van der Waals surface area contributed by atoms with Gasteiger partial charge in [0.05, 0.1) is 23.6 Å². The van der Waals surface area contributed by atoms with Gasteiger partial charge in [-0.25, -0.2) is 13.1 Å². The molecule has 0 saturated heterocycles. The third-order valence-electron chi connectivity index (χ3n) is 3.61. The summed E-state index contributed by atoms with van der Waals surface area (Å²) in [5.41, 5.74) is -0.809. The van der Waals surface area contributed by atoms with E-state index in [1.807, 2.05) is 20.8 Å². The number of sulfonamides is 1. The van der Waals surface area contributed by atoms with Gasteiger partial charge in [-0.1, -0.05) is 20.8 Å². The van der Waals surface area contributed by atoms with Gasteiger partial charge in [0, 0.05) is 0 Å². The number of aliphatic hydroxyl groups is 1. The van der Waals surface area contributed by atoms with Crippen LogP contribution in [0.2, 0.25) is 0 Å². The fourth-order valence-corrected chi connectivity index (χ4v) is 3.46.